The van der Waals surface area contributed by atoms with E-state index in [0.29, 0.717) is 11.6 Å². The molecule has 0 heterocycles. The number of halogens is 2. The summed E-state index contributed by atoms with van der Waals surface area (Å²) in [5, 5.41) is 3.47. The quantitative estimate of drug-likeness (QED) is 0.845. The van der Waals surface area contributed by atoms with Gasteiger partial charge in [-0.05, 0) is 23.8 Å². The molecule has 0 atom stereocenters. The third kappa shape index (κ3) is 4.73. The lowest BCUT2D eigenvalue weighted by atomic mass is 10.2. The van der Waals surface area contributed by atoms with Crippen LogP contribution in [0, 0.1) is 5.82 Å². The number of rotatable bonds is 6. The van der Waals surface area contributed by atoms with Crippen LogP contribution in [0.15, 0.2) is 42.5 Å². The van der Waals surface area contributed by atoms with Crippen molar-refractivity contribution in [2.75, 3.05) is 0 Å². The first-order valence-corrected chi connectivity index (χ1v) is 7.32. The Balaban J connectivity index is 2.00. The number of hydrogen-bond donors (Lipinski definition) is 1. The number of ether oxygens (including phenoxy) is 1. The molecule has 0 fully saturated rings. The molecule has 2 rings (SSSR count). The molecule has 0 saturated heterocycles. The van der Waals surface area contributed by atoms with Crippen molar-refractivity contribution in [1.29, 1.82) is 0 Å². The minimum atomic E-state index is -0.423. The molecule has 2 aromatic carbocycles. The number of hydrogen-bond acceptors (Lipinski definition) is 2. The largest absolute Gasteiger partial charge is 0.489 e. The van der Waals surface area contributed by atoms with E-state index in [-0.39, 0.29) is 11.6 Å². The molecular formula is C17H19ClFNO. The Labute approximate surface area is 129 Å². The summed E-state index contributed by atoms with van der Waals surface area (Å²) in [5.41, 5.74) is 1.79. The first-order valence-electron chi connectivity index (χ1n) is 6.94. The zero-order valence-electron chi connectivity index (χ0n) is 12.2. The van der Waals surface area contributed by atoms with Crippen LogP contribution < -0.4 is 10.1 Å². The molecule has 2 nitrogen and oxygen atoms in total. The SMILES string of the molecule is CC(C)NCc1cccc(OCc2cccc(F)c2Cl)c1. The van der Waals surface area contributed by atoms with Crippen LogP contribution in [0.3, 0.4) is 0 Å². The number of benzene rings is 2. The van der Waals surface area contributed by atoms with E-state index in [1.165, 1.54) is 6.07 Å². The van der Waals surface area contributed by atoms with Gasteiger partial charge >= 0.3 is 0 Å². The molecule has 2 aromatic rings. The van der Waals surface area contributed by atoms with Crippen molar-refractivity contribution in [3.8, 4) is 5.75 Å². The topological polar surface area (TPSA) is 21.3 Å². The highest BCUT2D eigenvalue weighted by Crippen LogP contribution is 2.22. The zero-order chi connectivity index (χ0) is 15.2. The van der Waals surface area contributed by atoms with Crippen molar-refractivity contribution >= 4 is 11.6 Å². The van der Waals surface area contributed by atoms with Gasteiger partial charge in [0.05, 0.1) is 5.02 Å². The van der Waals surface area contributed by atoms with Crippen LogP contribution in [0.5, 0.6) is 5.75 Å². The van der Waals surface area contributed by atoms with Gasteiger partial charge in [0.25, 0.3) is 0 Å². The van der Waals surface area contributed by atoms with Crippen molar-refractivity contribution in [1.82, 2.24) is 5.32 Å². The van der Waals surface area contributed by atoms with Crippen LogP contribution in [0.2, 0.25) is 5.02 Å². The molecular weight excluding hydrogens is 289 g/mol. The summed E-state index contributed by atoms with van der Waals surface area (Å²) in [6.45, 7) is 5.24. The van der Waals surface area contributed by atoms with Gasteiger partial charge in [0.1, 0.15) is 18.2 Å². The van der Waals surface area contributed by atoms with Crippen LogP contribution in [0.25, 0.3) is 0 Å². The molecule has 0 aliphatic carbocycles. The average molecular weight is 308 g/mol. The Morgan fingerprint density at radius 3 is 2.71 bits per heavy atom. The van der Waals surface area contributed by atoms with Gasteiger partial charge in [-0.2, -0.15) is 0 Å². The summed E-state index contributed by atoms with van der Waals surface area (Å²) in [6.07, 6.45) is 0. The van der Waals surface area contributed by atoms with E-state index >= 15 is 0 Å². The monoisotopic (exact) mass is 307 g/mol. The minimum absolute atomic E-state index is 0.120. The zero-order valence-corrected chi connectivity index (χ0v) is 13.0. The standard InChI is InChI=1S/C17H19ClFNO/c1-12(2)20-10-13-5-3-7-15(9-13)21-11-14-6-4-8-16(19)17(14)18/h3-9,12,20H,10-11H2,1-2H3. The Morgan fingerprint density at radius 1 is 1.19 bits per heavy atom. The fourth-order valence-electron chi connectivity index (χ4n) is 1.89. The van der Waals surface area contributed by atoms with Crippen molar-refractivity contribution in [2.24, 2.45) is 0 Å². The minimum Gasteiger partial charge on any atom is -0.489 e. The summed E-state index contributed by atoms with van der Waals surface area (Å²) < 4.78 is 19.0. The van der Waals surface area contributed by atoms with Crippen molar-refractivity contribution in [3.05, 3.63) is 64.4 Å². The van der Waals surface area contributed by atoms with Crippen LogP contribution in [-0.2, 0) is 13.2 Å². The van der Waals surface area contributed by atoms with E-state index in [2.05, 4.69) is 19.2 Å². The Morgan fingerprint density at radius 2 is 1.95 bits per heavy atom. The van der Waals surface area contributed by atoms with Gasteiger partial charge in [0.2, 0.25) is 0 Å². The predicted molar refractivity (Wildman–Crippen MR) is 84.2 cm³/mol. The normalized spacial score (nSPS) is 10.9. The molecule has 0 bridgehead atoms. The Bertz CT molecular complexity index is 601. The third-order valence-electron chi connectivity index (χ3n) is 3.04. The maximum atomic E-state index is 13.3. The van der Waals surface area contributed by atoms with Crippen LogP contribution in [0.4, 0.5) is 4.39 Å². The summed E-state index contributed by atoms with van der Waals surface area (Å²) in [5.74, 6) is 0.325. The molecule has 0 radical (unpaired) electrons. The molecule has 0 aromatic heterocycles. The Hall–Kier alpha value is -1.58. The second kappa shape index (κ2) is 7.43. The molecule has 0 saturated carbocycles. The first kappa shape index (κ1) is 15.8. The summed E-state index contributed by atoms with van der Waals surface area (Å²) >= 11 is 5.91. The van der Waals surface area contributed by atoms with Crippen molar-refractivity contribution < 1.29 is 9.13 Å². The molecule has 112 valence electrons. The third-order valence-corrected chi connectivity index (χ3v) is 3.46. The van der Waals surface area contributed by atoms with Gasteiger partial charge in [0, 0.05) is 18.2 Å². The lowest BCUT2D eigenvalue weighted by Crippen LogP contribution is -2.21. The van der Waals surface area contributed by atoms with Crippen LogP contribution in [0.1, 0.15) is 25.0 Å². The molecule has 0 aliphatic heterocycles. The van der Waals surface area contributed by atoms with Crippen LogP contribution in [-0.4, -0.2) is 6.04 Å². The fourth-order valence-corrected chi connectivity index (χ4v) is 2.07. The second-order valence-corrected chi connectivity index (χ2v) is 5.56. The Kier molecular flexibility index (Phi) is 5.59. The van der Waals surface area contributed by atoms with Gasteiger partial charge in [-0.15, -0.1) is 0 Å². The molecule has 1 N–H and O–H groups in total. The highest BCUT2D eigenvalue weighted by molar-refractivity contribution is 6.31. The molecule has 4 heteroatoms. The van der Waals surface area contributed by atoms with Crippen LogP contribution >= 0.6 is 11.6 Å². The summed E-state index contributed by atoms with van der Waals surface area (Å²) in [6, 6.07) is 13.0. The van der Waals surface area contributed by atoms with Gasteiger partial charge < -0.3 is 10.1 Å². The molecule has 0 amide bonds. The first-order chi connectivity index (χ1) is 10.1. The number of nitrogens with one attached hydrogen (secondary N) is 1. The second-order valence-electron chi connectivity index (χ2n) is 5.18. The van der Waals surface area contributed by atoms with Gasteiger partial charge in [0.15, 0.2) is 0 Å². The van der Waals surface area contributed by atoms with Gasteiger partial charge in [-0.1, -0.05) is 49.7 Å². The highest BCUT2D eigenvalue weighted by Gasteiger charge is 2.06. The maximum Gasteiger partial charge on any atom is 0.142 e. The lowest BCUT2D eigenvalue weighted by Gasteiger charge is -2.11. The maximum absolute atomic E-state index is 13.3. The van der Waals surface area contributed by atoms with Crippen molar-refractivity contribution in [2.45, 2.75) is 33.0 Å². The molecule has 0 spiro atoms. The van der Waals surface area contributed by atoms with E-state index in [0.717, 1.165) is 17.9 Å². The predicted octanol–water partition coefficient (Wildman–Crippen LogP) is 4.56. The van der Waals surface area contributed by atoms with Gasteiger partial charge in [-0.25, -0.2) is 4.39 Å². The van der Waals surface area contributed by atoms with E-state index < -0.39 is 5.82 Å². The summed E-state index contributed by atoms with van der Waals surface area (Å²) in [4.78, 5) is 0. The van der Waals surface area contributed by atoms with Gasteiger partial charge in [-0.3, -0.25) is 0 Å². The van der Waals surface area contributed by atoms with E-state index in [1.807, 2.05) is 24.3 Å². The van der Waals surface area contributed by atoms with E-state index in [4.69, 9.17) is 16.3 Å². The van der Waals surface area contributed by atoms with E-state index in [1.54, 1.807) is 12.1 Å². The average Bonchev–Trinajstić information content (AvgIpc) is 2.47. The van der Waals surface area contributed by atoms with Crippen molar-refractivity contribution in [3.63, 3.8) is 0 Å². The fraction of sp³-hybridized carbons (Fsp3) is 0.294. The lowest BCUT2D eigenvalue weighted by molar-refractivity contribution is 0.305. The molecule has 0 unspecified atom stereocenters. The smallest absolute Gasteiger partial charge is 0.142 e. The summed E-state index contributed by atoms with van der Waals surface area (Å²) in [7, 11) is 0. The molecule has 21 heavy (non-hydrogen) atoms. The van der Waals surface area contributed by atoms with E-state index in [9.17, 15) is 4.39 Å². The highest BCUT2D eigenvalue weighted by atomic mass is 35.5. The molecule has 0 aliphatic rings.